The molecule has 1 saturated carbocycles. The van der Waals surface area contributed by atoms with Crippen molar-refractivity contribution in [3.63, 3.8) is 0 Å². The van der Waals surface area contributed by atoms with Gasteiger partial charge in [0.15, 0.2) is 13.1 Å². The fourth-order valence-corrected chi connectivity index (χ4v) is 10.0. The molecule has 1 amide bonds. The summed E-state index contributed by atoms with van der Waals surface area (Å²) in [6, 6.07) is 9.77. The molecule has 16 nitrogen and oxygen atoms in total. The van der Waals surface area contributed by atoms with Gasteiger partial charge in [0, 0.05) is 57.8 Å². The first-order valence-electron chi connectivity index (χ1n) is 20.6. The van der Waals surface area contributed by atoms with Crippen LogP contribution in [-0.2, 0) is 35.8 Å². The van der Waals surface area contributed by atoms with E-state index in [1.807, 2.05) is 61.8 Å². The van der Waals surface area contributed by atoms with Crippen LogP contribution in [0.2, 0.25) is 0 Å². The minimum atomic E-state index is -4.22. The Morgan fingerprint density at radius 1 is 0.710 bits per heavy atom. The van der Waals surface area contributed by atoms with Gasteiger partial charge >= 0.3 is 18.0 Å². The summed E-state index contributed by atoms with van der Waals surface area (Å²) >= 11 is 0. The van der Waals surface area contributed by atoms with Gasteiger partial charge in [-0.15, -0.1) is 0 Å². The highest BCUT2D eigenvalue weighted by Crippen LogP contribution is 2.50. The lowest BCUT2D eigenvalue weighted by Crippen LogP contribution is -2.47. The third-order valence-corrected chi connectivity index (χ3v) is 13.7. The van der Waals surface area contributed by atoms with Gasteiger partial charge in [-0.25, -0.2) is 19.0 Å². The van der Waals surface area contributed by atoms with E-state index in [0.717, 1.165) is 50.8 Å². The Morgan fingerprint density at radius 3 is 1.50 bits per heavy atom. The second kappa shape index (κ2) is 17.8. The van der Waals surface area contributed by atoms with Gasteiger partial charge in [0.25, 0.3) is 20.2 Å². The Balaban J connectivity index is 1.44. The maximum Gasteiger partial charge on any atom is 0.410 e. The number of carboxylic acid groups (broad SMARTS) is 2. The Labute approximate surface area is 362 Å². The van der Waals surface area contributed by atoms with E-state index >= 15 is 0 Å². The third-order valence-electron chi connectivity index (χ3n) is 12.1. The molecule has 62 heavy (non-hydrogen) atoms. The van der Waals surface area contributed by atoms with E-state index in [2.05, 4.69) is 4.58 Å². The van der Waals surface area contributed by atoms with Crippen LogP contribution in [0.25, 0.3) is 0 Å². The quantitative estimate of drug-likeness (QED) is 0.136. The number of amides is 1. The number of rotatable bonds is 13. The monoisotopic (exact) mass is 895 g/mol. The Bertz CT molecular complexity index is 2390. The van der Waals surface area contributed by atoms with Crippen LogP contribution >= 0.6 is 0 Å². The predicted octanol–water partition coefficient (Wildman–Crippen LogP) is 5.87. The molecule has 2 aromatic rings. The Morgan fingerprint density at radius 2 is 1.13 bits per heavy atom. The number of hydrogen-bond donors (Lipinski definition) is 4. The van der Waals surface area contributed by atoms with Crippen molar-refractivity contribution in [2.75, 3.05) is 67.2 Å². The number of nitrogens with zero attached hydrogens (tertiary/aromatic N) is 4. The van der Waals surface area contributed by atoms with E-state index in [-0.39, 0.29) is 49.8 Å². The molecule has 3 heterocycles. The molecule has 334 valence electrons. The number of aromatic carboxylic acids is 2. The summed E-state index contributed by atoms with van der Waals surface area (Å²) < 4.78 is 73.4. The minimum Gasteiger partial charge on any atom is -0.478 e. The molecule has 2 aromatic carbocycles. The molecule has 0 atom stereocenters. The largest absolute Gasteiger partial charge is 0.478 e. The zero-order chi connectivity index (χ0) is 45.4. The number of carbonyl (C=O) groups excluding carboxylic acids is 1. The van der Waals surface area contributed by atoms with Crippen molar-refractivity contribution < 1.29 is 59.9 Å². The van der Waals surface area contributed by atoms with Crippen LogP contribution in [0.4, 0.5) is 16.2 Å². The number of carboxylic acids is 2. The maximum atomic E-state index is 12.7. The Hall–Kier alpha value is -5.30. The topological polar surface area (TPSA) is 222 Å². The molecule has 1 aliphatic carbocycles. The van der Waals surface area contributed by atoms with Crippen molar-refractivity contribution in [1.29, 1.82) is 0 Å². The normalized spacial score (nSPS) is 21.0. The molecule has 4 aliphatic rings. The van der Waals surface area contributed by atoms with Crippen LogP contribution in [-0.4, -0.2) is 127 Å². The number of hydrogen-bond acceptors (Lipinski definition) is 10. The lowest BCUT2D eigenvalue weighted by molar-refractivity contribution is -0.537. The molecule has 0 radical (unpaired) electrons. The SMILES string of the molecule is CCOC(=O)N1CC[N+](=C2C(=CC=C3N(CCCS(=O)(=O)O)c4ccc(C(=O)O)cc4C3(C)C)CCC2=CC=C2N(CCCS(=O)(=O)O)c3ccc(C(=O)O)cc3C2(C)C)CC1. The molecule has 6 rings (SSSR count). The summed E-state index contributed by atoms with van der Waals surface area (Å²) in [5, 5.41) is 19.6. The number of ether oxygens (including phenoxy) is 1. The summed E-state index contributed by atoms with van der Waals surface area (Å²) in [4.78, 5) is 42.3. The number of piperazine rings is 1. The lowest BCUT2D eigenvalue weighted by Gasteiger charge is -2.27. The van der Waals surface area contributed by atoms with Crippen molar-refractivity contribution in [2.45, 2.75) is 71.1 Å². The average Bonchev–Trinajstić information content (AvgIpc) is 3.76. The number of carbonyl (C=O) groups is 3. The third kappa shape index (κ3) is 9.83. The highest BCUT2D eigenvalue weighted by molar-refractivity contribution is 7.86. The first-order valence-corrected chi connectivity index (χ1v) is 23.8. The van der Waals surface area contributed by atoms with E-state index < -0.39 is 54.5 Å². The smallest absolute Gasteiger partial charge is 0.410 e. The van der Waals surface area contributed by atoms with Gasteiger partial charge in [-0.05, 0) is 92.3 Å². The van der Waals surface area contributed by atoms with Crippen LogP contribution in [0.15, 0.2) is 83.2 Å². The second-order valence-electron chi connectivity index (χ2n) is 16.9. The van der Waals surface area contributed by atoms with E-state index in [9.17, 15) is 50.5 Å². The van der Waals surface area contributed by atoms with Crippen LogP contribution in [0, 0.1) is 0 Å². The number of allylic oxidation sites excluding steroid dienone is 8. The van der Waals surface area contributed by atoms with Crippen molar-refractivity contribution >= 4 is 55.4 Å². The molecule has 0 unspecified atom stereocenters. The van der Waals surface area contributed by atoms with Crippen molar-refractivity contribution in [3.8, 4) is 0 Å². The zero-order valence-corrected chi connectivity index (χ0v) is 37.3. The molecule has 3 aliphatic heterocycles. The van der Waals surface area contributed by atoms with Crippen LogP contribution in [0.3, 0.4) is 0 Å². The van der Waals surface area contributed by atoms with E-state index in [1.165, 1.54) is 12.1 Å². The second-order valence-corrected chi connectivity index (χ2v) is 20.1. The number of fused-ring (bicyclic) bond motifs is 2. The summed E-state index contributed by atoms with van der Waals surface area (Å²) in [5.74, 6) is -3.03. The lowest BCUT2D eigenvalue weighted by atomic mass is 9.83. The molecule has 18 heteroatoms. The average molecular weight is 896 g/mol. The first-order chi connectivity index (χ1) is 29.0. The van der Waals surface area contributed by atoms with Crippen molar-refractivity contribution in [1.82, 2.24) is 4.90 Å². The van der Waals surface area contributed by atoms with Crippen LogP contribution in [0.5, 0.6) is 0 Å². The summed E-state index contributed by atoms with van der Waals surface area (Å²) in [7, 11) is -8.45. The van der Waals surface area contributed by atoms with E-state index in [4.69, 9.17) is 4.74 Å². The molecule has 0 spiro atoms. The fourth-order valence-electron chi connectivity index (χ4n) is 9.04. The highest BCUT2D eigenvalue weighted by Gasteiger charge is 2.42. The van der Waals surface area contributed by atoms with Gasteiger partial charge in [-0.1, -0.05) is 39.8 Å². The summed E-state index contributed by atoms with van der Waals surface area (Å²) in [6.45, 7) is 12.3. The first kappa shape index (κ1) is 46.2. The number of benzene rings is 2. The highest BCUT2D eigenvalue weighted by atomic mass is 32.2. The van der Waals surface area contributed by atoms with Gasteiger partial charge in [0.2, 0.25) is 5.71 Å². The summed E-state index contributed by atoms with van der Waals surface area (Å²) in [5.41, 5.74) is 6.51. The zero-order valence-electron chi connectivity index (χ0n) is 35.6. The molecular formula is C44H55N4O12S2+. The van der Waals surface area contributed by atoms with E-state index in [0.29, 0.717) is 39.0 Å². The fraction of sp³-hybridized carbons (Fsp3) is 0.455. The Kier molecular flexibility index (Phi) is 13.3. The van der Waals surface area contributed by atoms with Gasteiger partial charge < -0.3 is 24.7 Å². The minimum absolute atomic E-state index is 0.122. The van der Waals surface area contributed by atoms with Crippen LogP contribution < -0.4 is 9.80 Å². The van der Waals surface area contributed by atoms with Crippen molar-refractivity contribution in [2.24, 2.45) is 0 Å². The number of anilines is 2. The molecule has 4 N–H and O–H groups in total. The molecule has 2 fully saturated rings. The van der Waals surface area contributed by atoms with Crippen LogP contribution in [0.1, 0.15) is 92.1 Å². The molecule has 1 saturated heterocycles. The maximum absolute atomic E-state index is 12.7. The van der Waals surface area contributed by atoms with Gasteiger partial charge in [-0.3, -0.25) is 14.0 Å². The molecule has 0 aromatic heterocycles. The van der Waals surface area contributed by atoms with E-state index in [1.54, 1.807) is 36.1 Å². The molecular weight excluding hydrogens is 841 g/mol. The summed E-state index contributed by atoms with van der Waals surface area (Å²) in [6.07, 6.45) is 9.24. The van der Waals surface area contributed by atoms with Gasteiger partial charge in [0.1, 0.15) is 0 Å². The standard InChI is InChI=1S/C44H54N4O12S2/c1-6-60-42(53)46-23-21-45(22-24-46)39-29(13-17-37-43(2,3)33-27-31(40(49)50)11-15-35(33)47(37)19-7-25-61(54,55)56)9-10-30(39)14-18-38-44(4,5)34-28-32(41(51)52)12-16-36(34)48(38)20-8-26-62(57,58)59/h11-18,27-28H,6-10,19-26H2,1-5H3,(H3-,49,50,51,52,54,55,56,57,58,59)/p+1. The van der Waals surface area contributed by atoms with Crippen molar-refractivity contribution in [3.05, 3.63) is 105 Å². The van der Waals surface area contributed by atoms with Gasteiger partial charge in [-0.2, -0.15) is 16.8 Å². The molecule has 0 bridgehead atoms. The predicted molar refractivity (Wildman–Crippen MR) is 235 cm³/mol. The van der Waals surface area contributed by atoms with Gasteiger partial charge in [0.05, 0.1) is 42.3 Å².